The first-order chi connectivity index (χ1) is 6.70. The van der Waals surface area contributed by atoms with Crippen LogP contribution in [0.3, 0.4) is 0 Å². The van der Waals surface area contributed by atoms with Crippen LogP contribution in [0.1, 0.15) is 11.5 Å². The summed E-state index contributed by atoms with van der Waals surface area (Å²) in [6.07, 6.45) is 0. The highest BCUT2D eigenvalue weighted by Crippen LogP contribution is 2.23. The third kappa shape index (κ3) is 2.52. The van der Waals surface area contributed by atoms with Gasteiger partial charge >= 0.3 is 8.03 Å². The summed E-state index contributed by atoms with van der Waals surface area (Å²) in [5.41, 5.74) is 0.647. The molecular formula is C9H11ClO3P+. The van der Waals surface area contributed by atoms with Crippen LogP contribution in [0.25, 0.3) is 0 Å². The first-order valence-corrected chi connectivity index (χ1v) is 5.87. The van der Waals surface area contributed by atoms with Gasteiger partial charge in [-0.2, -0.15) is 4.89 Å². The normalized spacial score (nSPS) is 13.8. The predicted octanol–water partition coefficient (Wildman–Crippen LogP) is 1.36. The van der Waals surface area contributed by atoms with Gasteiger partial charge in [-0.1, -0.05) is 18.2 Å². The molecule has 0 aliphatic carbocycles. The lowest BCUT2D eigenvalue weighted by Gasteiger charge is -2.09. The maximum absolute atomic E-state index is 11.0. The lowest BCUT2D eigenvalue weighted by Crippen LogP contribution is -2.14. The highest BCUT2D eigenvalue weighted by Gasteiger charge is 2.25. The lowest BCUT2D eigenvalue weighted by atomic mass is 10.0. The van der Waals surface area contributed by atoms with Gasteiger partial charge in [0, 0.05) is 17.4 Å². The molecule has 0 amide bonds. The van der Waals surface area contributed by atoms with Crippen LogP contribution in [0.4, 0.5) is 0 Å². The van der Waals surface area contributed by atoms with Gasteiger partial charge in [0.1, 0.15) is 0 Å². The van der Waals surface area contributed by atoms with Crippen molar-refractivity contribution >= 4 is 24.9 Å². The molecule has 2 unspecified atom stereocenters. The van der Waals surface area contributed by atoms with Gasteiger partial charge < -0.3 is 5.11 Å². The average molecular weight is 234 g/mol. The van der Waals surface area contributed by atoms with Crippen molar-refractivity contribution in [1.29, 1.82) is 0 Å². The zero-order chi connectivity index (χ0) is 10.6. The van der Waals surface area contributed by atoms with Crippen molar-refractivity contribution in [1.82, 2.24) is 0 Å². The van der Waals surface area contributed by atoms with Crippen molar-refractivity contribution < 1.29 is 14.6 Å². The van der Waals surface area contributed by atoms with E-state index in [2.05, 4.69) is 0 Å². The van der Waals surface area contributed by atoms with Crippen LogP contribution >= 0.6 is 19.6 Å². The van der Waals surface area contributed by atoms with Crippen molar-refractivity contribution in [3.8, 4) is 0 Å². The van der Waals surface area contributed by atoms with Crippen LogP contribution in [0.15, 0.2) is 24.3 Å². The molecule has 0 aliphatic rings. The molecule has 0 aromatic heterocycles. The third-order valence-electron chi connectivity index (χ3n) is 1.99. The minimum atomic E-state index is -2.38. The summed E-state index contributed by atoms with van der Waals surface area (Å²) in [6, 6.07) is 6.73. The molecule has 0 saturated heterocycles. The summed E-state index contributed by atoms with van der Waals surface area (Å²) in [6.45, 7) is -0.121. The van der Waals surface area contributed by atoms with E-state index in [1.807, 2.05) is 0 Å². The minimum Gasteiger partial charge on any atom is -0.396 e. The molecule has 76 valence electrons. The molecule has 0 heterocycles. The Morgan fingerprint density at radius 2 is 2.07 bits per heavy atom. The molecule has 5 heteroatoms. The molecule has 1 aromatic carbocycles. The Labute approximate surface area is 88.2 Å². The second-order valence-corrected chi connectivity index (χ2v) is 4.20. The van der Waals surface area contributed by atoms with Crippen LogP contribution in [-0.4, -0.2) is 22.5 Å². The molecular weight excluding hydrogens is 223 g/mol. The Morgan fingerprint density at radius 1 is 1.43 bits per heavy atom. The van der Waals surface area contributed by atoms with E-state index >= 15 is 0 Å². The van der Waals surface area contributed by atoms with Gasteiger partial charge in [-0.25, -0.2) is 0 Å². The Balaban J connectivity index is 3.11. The standard InChI is InChI=1S/C9H10ClO3P/c10-5-7(6-11)8-3-1-2-4-9(8)14(12)13/h1-4,7,11H,5-6H2/p+1. The molecule has 3 nitrogen and oxygen atoms in total. The van der Waals surface area contributed by atoms with Crippen molar-refractivity contribution in [3.05, 3.63) is 29.8 Å². The van der Waals surface area contributed by atoms with E-state index in [-0.39, 0.29) is 18.4 Å². The van der Waals surface area contributed by atoms with Crippen LogP contribution < -0.4 is 5.30 Å². The van der Waals surface area contributed by atoms with Gasteiger partial charge in [0.05, 0.1) is 6.61 Å². The predicted molar refractivity (Wildman–Crippen MR) is 56.4 cm³/mol. The van der Waals surface area contributed by atoms with Gasteiger partial charge in [0.25, 0.3) is 0 Å². The van der Waals surface area contributed by atoms with E-state index in [1.165, 1.54) is 0 Å². The Kier molecular flexibility index (Phi) is 4.49. The second kappa shape index (κ2) is 5.42. The number of alkyl halides is 1. The smallest absolute Gasteiger partial charge is 0.396 e. The molecule has 0 spiro atoms. The molecule has 2 atom stereocenters. The number of halogens is 1. The van der Waals surface area contributed by atoms with Crippen LogP contribution in [0, 0.1) is 0 Å². The van der Waals surface area contributed by atoms with Gasteiger partial charge in [-0.15, -0.1) is 11.6 Å². The number of aliphatic hydroxyl groups is 1. The SMILES string of the molecule is O=[P+](O)c1ccccc1C(CO)CCl. The van der Waals surface area contributed by atoms with Crippen molar-refractivity contribution in [3.63, 3.8) is 0 Å². The fourth-order valence-electron chi connectivity index (χ4n) is 1.24. The second-order valence-electron chi connectivity index (χ2n) is 2.87. The Bertz CT molecular complexity index is 326. The fraction of sp³-hybridized carbons (Fsp3) is 0.333. The topological polar surface area (TPSA) is 57.5 Å². The number of hydrogen-bond acceptors (Lipinski definition) is 2. The van der Waals surface area contributed by atoms with Crippen molar-refractivity contribution in [2.75, 3.05) is 12.5 Å². The monoisotopic (exact) mass is 233 g/mol. The number of aliphatic hydroxyl groups excluding tert-OH is 1. The van der Waals surface area contributed by atoms with E-state index in [9.17, 15) is 4.57 Å². The number of hydrogen-bond donors (Lipinski definition) is 2. The van der Waals surface area contributed by atoms with E-state index in [4.69, 9.17) is 21.6 Å². The Morgan fingerprint density at radius 3 is 2.57 bits per heavy atom. The summed E-state index contributed by atoms with van der Waals surface area (Å²) >= 11 is 5.64. The molecule has 0 saturated carbocycles. The zero-order valence-electron chi connectivity index (χ0n) is 7.43. The summed E-state index contributed by atoms with van der Waals surface area (Å²) in [5.74, 6) is -0.0459. The largest absolute Gasteiger partial charge is 0.546 e. The summed E-state index contributed by atoms with van der Waals surface area (Å²) in [7, 11) is -2.38. The van der Waals surface area contributed by atoms with Crippen LogP contribution in [0.5, 0.6) is 0 Å². The van der Waals surface area contributed by atoms with Gasteiger partial charge in [-0.3, -0.25) is 0 Å². The van der Waals surface area contributed by atoms with Gasteiger partial charge in [-0.05, 0) is 10.6 Å². The molecule has 14 heavy (non-hydrogen) atoms. The van der Waals surface area contributed by atoms with E-state index < -0.39 is 8.03 Å². The molecule has 0 radical (unpaired) electrons. The molecule has 1 aromatic rings. The van der Waals surface area contributed by atoms with Crippen LogP contribution in [0.2, 0.25) is 0 Å². The molecule has 1 rings (SSSR count). The summed E-state index contributed by atoms with van der Waals surface area (Å²) in [5, 5.41) is 9.37. The average Bonchev–Trinajstić information content (AvgIpc) is 2.20. The van der Waals surface area contributed by atoms with E-state index in [1.54, 1.807) is 24.3 Å². The first kappa shape index (κ1) is 11.6. The summed E-state index contributed by atoms with van der Waals surface area (Å²) in [4.78, 5) is 9.03. The maximum Gasteiger partial charge on any atom is 0.546 e. The highest BCUT2D eigenvalue weighted by atomic mass is 35.5. The number of rotatable bonds is 4. The third-order valence-corrected chi connectivity index (χ3v) is 3.18. The summed E-state index contributed by atoms with van der Waals surface area (Å²) < 4.78 is 11.0. The fourth-order valence-corrected chi connectivity index (χ4v) is 2.19. The molecule has 2 N–H and O–H groups in total. The zero-order valence-corrected chi connectivity index (χ0v) is 9.08. The minimum absolute atomic E-state index is 0.121. The van der Waals surface area contributed by atoms with Crippen molar-refractivity contribution in [2.45, 2.75) is 5.92 Å². The van der Waals surface area contributed by atoms with Gasteiger partial charge in [0.15, 0.2) is 0 Å². The van der Waals surface area contributed by atoms with E-state index in [0.29, 0.717) is 10.9 Å². The van der Waals surface area contributed by atoms with Gasteiger partial charge in [0.2, 0.25) is 5.30 Å². The quantitative estimate of drug-likeness (QED) is 0.610. The maximum atomic E-state index is 11.0. The number of benzene rings is 1. The van der Waals surface area contributed by atoms with E-state index in [0.717, 1.165) is 0 Å². The van der Waals surface area contributed by atoms with Crippen molar-refractivity contribution in [2.24, 2.45) is 0 Å². The molecule has 0 fully saturated rings. The first-order valence-electron chi connectivity index (χ1n) is 4.12. The molecule has 0 bridgehead atoms. The van der Waals surface area contributed by atoms with Crippen LogP contribution in [-0.2, 0) is 4.57 Å². The Hall–Kier alpha value is -0.470. The highest BCUT2D eigenvalue weighted by molar-refractivity contribution is 7.47. The lowest BCUT2D eigenvalue weighted by molar-refractivity contribution is 0.274. The molecule has 0 aliphatic heterocycles.